The Morgan fingerprint density at radius 3 is 2.84 bits per heavy atom. The molecule has 0 aliphatic rings. The van der Waals surface area contributed by atoms with Gasteiger partial charge in [-0.05, 0) is 12.1 Å². The number of nitrogen functional groups attached to an aromatic ring is 1. The second-order valence-electron chi connectivity index (χ2n) is 3.93. The van der Waals surface area contributed by atoms with Crippen molar-refractivity contribution in [1.82, 2.24) is 15.0 Å². The van der Waals surface area contributed by atoms with Crippen LogP contribution in [-0.2, 0) is 0 Å². The summed E-state index contributed by atoms with van der Waals surface area (Å²) in [5.74, 6) is -0.523. The fourth-order valence-corrected chi connectivity index (χ4v) is 1.80. The van der Waals surface area contributed by atoms with Gasteiger partial charge in [-0.1, -0.05) is 18.2 Å². The van der Waals surface area contributed by atoms with E-state index in [1.165, 1.54) is 0 Å². The topological polar surface area (TPSA) is 76.7 Å². The first kappa shape index (κ1) is 11.3. The highest BCUT2D eigenvalue weighted by atomic mass is 19.1. The molecule has 94 valence electrons. The third-order valence-corrected chi connectivity index (χ3v) is 2.65. The van der Waals surface area contributed by atoms with Gasteiger partial charge in [0, 0.05) is 11.6 Å². The zero-order valence-corrected chi connectivity index (χ0v) is 9.84. The van der Waals surface area contributed by atoms with E-state index in [0.717, 1.165) is 17.1 Å². The molecule has 0 fully saturated rings. The highest BCUT2D eigenvalue weighted by molar-refractivity contribution is 5.91. The van der Waals surface area contributed by atoms with Crippen molar-refractivity contribution in [3.8, 4) is 0 Å². The monoisotopic (exact) mass is 255 g/mol. The van der Waals surface area contributed by atoms with E-state index in [-0.39, 0.29) is 11.8 Å². The van der Waals surface area contributed by atoms with Gasteiger partial charge in [-0.2, -0.15) is 4.98 Å². The van der Waals surface area contributed by atoms with E-state index in [1.54, 1.807) is 12.3 Å². The Morgan fingerprint density at radius 1 is 1.11 bits per heavy atom. The molecule has 0 spiro atoms. The van der Waals surface area contributed by atoms with Crippen LogP contribution in [0.5, 0.6) is 0 Å². The van der Waals surface area contributed by atoms with Gasteiger partial charge in [0.25, 0.3) is 0 Å². The molecule has 3 rings (SSSR count). The molecule has 0 amide bonds. The summed E-state index contributed by atoms with van der Waals surface area (Å²) in [5, 5.41) is 3.84. The van der Waals surface area contributed by atoms with Gasteiger partial charge >= 0.3 is 0 Å². The van der Waals surface area contributed by atoms with Crippen molar-refractivity contribution >= 4 is 28.4 Å². The minimum Gasteiger partial charge on any atom is -0.368 e. The Morgan fingerprint density at radius 2 is 1.95 bits per heavy atom. The summed E-state index contributed by atoms with van der Waals surface area (Å²) >= 11 is 0. The van der Waals surface area contributed by atoms with Crippen molar-refractivity contribution in [1.29, 1.82) is 0 Å². The van der Waals surface area contributed by atoms with E-state index < -0.39 is 5.82 Å². The fourth-order valence-electron chi connectivity index (χ4n) is 1.80. The largest absolute Gasteiger partial charge is 0.368 e. The van der Waals surface area contributed by atoms with E-state index in [2.05, 4.69) is 20.3 Å². The van der Waals surface area contributed by atoms with E-state index >= 15 is 0 Å². The lowest BCUT2D eigenvalue weighted by atomic mass is 10.2. The molecule has 0 unspecified atom stereocenters. The van der Waals surface area contributed by atoms with Crippen molar-refractivity contribution in [3.05, 3.63) is 48.5 Å². The predicted molar refractivity (Wildman–Crippen MR) is 71.4 cm³/mol. The Bertz CT molecular complexity index is 739. The molecule has 2 aromatic heterocycles. The first-order valence-corrected chi connectivity index (χ1v) is 5.63. The van der Waals surface area contributed by atoms with Crippen LogP contribution in [0.2, 0.25) is 0 Å². The van der Waals surface area contributed by atoms with Crippen molar-refractivity contribution in [2.75, 3.05) is 11.1 Å². The van der Waals surface area contributed by atoms with Crippen LogP contribution in [-0.4, -0.2) is 15.0 Å². The molecule has 2 heterocycles. The number of halogens is 1. The van der Waals surface area contributed by atoms with E-state index in [1.807, 2.05) is 24.3 Å². The number of rotatable bonds is 2. The number of hydrogen-bond donors (Lipinski definition) is 2. The standard InChI is InChI=1S/C13H10FN5/c14-9-7-17-13(15)19-12(9)18-10-5-1-3-8-4-2-6-16-11(8)10/h1-7H,(H3,15,17,18,19). The molecule has 5 nitrogen and oxygen atoms in total. The van der Waals surface area contributed by atoms with Crippen LogP contribution >= 0.6 is 0 Å². The van der Waals surface area contributed by atoms with E-state index in [9.17, 15) is 4.39 Å². The van der Waals surface area contributed by atoms with Crippen molar-refractivity contribution in [3.63, 3.8) is 0 Å². The zero-order chi connectivity index (χ0) is 13.2. The third-order valence-electron chi connectivity index (χ3n) is 2.65. The minimum atomic E-state index is -0.567. The van der Waals surface area contributed by atoms with Crippen LogP contribution < -0.4 is 11.1 Å². The normalized spacial score (nSPS) is 10.6. The second kappa shape index (κ2) is 4.49. The lowest BCUT2D eigenvalue weighted by molar-refractivity contribution is 0.620. The van der Waals surface area contributed by atoms with Gasteiger partial charge in [0.15, 0.2) is 11.6 Å². The van der Waals surface area contributed by atoms with Gasteiger partial charge < -0.3 is 11.1 Å². The van der Waals surface area contributed by atoms with Crippen molar-refractivity contribution in [2.45, 2.75) is 0 Å². The molecule has 1 aromatic carbocycles. The maximum absolute atomic E-state index is 13.6. The van der Waals surface area contributed by atoms with Gasteiger partial charge in [-0.3, -0.25) is 4.98 Å². The number of para-hydroxylation sites is 1. The molecular weight excluding hydrogens is 245 g/mol. The molecule has 0 saturated heterocycles. The van der Waals surface area contributed by atoms with E-state index in [4.69, 9.17) is 5.73 Å². The SMILES string of the molecule is Nc1ncc(F)c(Nc2cccc3cccnc23)n1. The molecule has 6 heteroatoms. The van der Waals surface area contributed by atoms with Crippen LogP contribution in [0, 0.1) is 5.82 Å². The number of aromatic nitrogens is 3. The van der Waals surface area contributed by atoms with Crippen molar-refractivity contribution in [2.24, 2.45) is 0 Å². The van der Waals surface area contributed by atoms with Gasteiger partial charge in [-0.15, -0.1) is 0 Å². The maximum Gasteiger partial charge on any atom is 0.222 e. The molecule has 0 aliphatic heterocycles. The molecule has 0 atom stereocenters. The number of nitrogens with zero attached hydrogens (tertiary/aromatic N) is 3. The predicted octanol–water partition coefficient (Wildman–Crippen LogP) is 2.49. The average Bonchev–Trinajstić information content (AvgIpc) is 2.43. The molecule has 0 saturated carbocycles. The summed E-state index contributed by atoms with van der Waals surface area (Å²) in [6.07, 6.45) is 2.71. The van der Waals surface area contributed by atoms with Gasteiger partial charge in [0.1, 0.15) is 0 Å². The van der Waals surface area contributed by atoms with Crippen LogP contribution in [0.15, 0.2) is 42.7 Å². The number of nitrogens with one attached hydrogen (secondary N) is 1. The second-order valence-corrected chi connectivity index (χ2v) is 3.93. The Kier molecular flexibility index (Phi) is 2.68. The minimum absolute atomic E-state index is 0.0112. The van der Waals surface area contributed by atoms with Gasteiger partial charge in [-0.25, -0.2) is 9.37 Å². The van der Waals surface area contributed by atoms with Crippen LogP contribution in [0.1, 0.15) is 0 Å². The molecule has 3 N–H and O–H groups in total. The van der Waals surface area contributed by atoms with Crippen LogP contribution in [0.25, 0.3) is 10.9 Å². The fraction of sp³-hybridized carbons (Fsp3) is 0. The molecular formula is C13H10FN5. The summed E-state index contributed by atoms with van der Waals surface area (Å²) in [7, 11) is 0. The number of hydrogen-bond acceptors (Lipinski definition) is 5. The maximum atomic E-state index is 13.6. The summed E-state index contributed by atoms with van der Waals surface area (Å²) in [4.78, 5) is 11.7. The number of nitrogens with two attached hydrogens (primary N) is 1. The number of pyridine rings is 1. The zero-order valence-electron chi connectivity index (χ0n) is 9.84. The summed E-state index contributed by atoms with van der Waals surface area (Å²) in [6.45, 7) is 0. The van der Waals surface area contributed by atoms with Crippen LogP contribution in [0.4, 0.5) is 21.8 Å². The lowest BCUT2D eigenvalue weighted by Crippen LogP contribution is -2.03. The first-order chi connectivity index (χ1) is 9.24. The Balaban J connectivity index is 2.08. The molecule has 0 radical (unpaired) electrons. The Hall–Kier alpha value is -2.76. The summed E-state index contributed by atoms with van der Waals surface area (Å²) in [6, 6.07) is 9.35. The van der Waals surface area contributed by atoms with Crippen molar-refractivity contribution < 1.29 is 4.39 Å². The highest BCUT2D eigenvalue weighted by Gasteiger charge is 2.08. The highest BCUT2D eigenvalue weighted by Crippen LogP contribution is 2.24. The van der Waals surface area contributed by atoms with Gasteiger partial charge in [0.05, 0.1) is 17.4 Å². The third kappa shape index (κ3) is 2.15. The number of anilines is 3. The molecule has 0 aliphatic carbocycles. The summed E-state index contributed by atoms with van der Waals surface area (Å²) in [5.41, 5.74) is 6.85. The summed E-state index contributed by atoms with van der Waals surface area (Å²) < 4.78 is 13.6. The smallest absolute Gasteiger partial charge is 0.222 e. The number of fused-ring (bicyclic) bond motifs is 1. The lowest BCUT2D eigenvalue weighted by Gasteiger charge is -2.09. The van der Waals surface area contributed by atoms with Gasteiger partial charge in [0.2, 0.25) is 5.95 Å². The molecule has 19 heavy (non-hydrogen) atoms. The first-order valence-electron chi connectivity index (χ1n) is 5.63. The average molecular weight is 255 g/mol. The molecule has 3 aromatic rings. The number of benzene rings is 1. The van der Waals surface area contributed by atoms with E-state index in [0.29, 0.717) is 5.69 Å². The molecule has 0 bridgehead atoms. The quantitative estimate of drug-likeness (QED) is 0.735. The Labute approximate surface area is 108 Å². The van der Waals surface area contributed by atoms with Crippen LogP contribution in [0.3, 0.4) is 0 Å².